The van der Waals surface area contributed by atoms with Crippen molar-refractivity contribution in [2.75, 3.05) is 6.54 Å². The molecule has 8 heteroatoms. The molecule has 112 valence electrons. The molecule has 1 aliphatic rings. The highest BCUT2D eigenvalue weighted by atomic mass is 16.6. The van der Waals surface area contributed by atoms with E-state index in [1.54, 1.807) is 4.90 Å². The van der Waals surface area contributed by atoms with Crippen LogP contribution in [0.3, 0.4) is 0 Å². The SMILES string of the molecule is CC1CCCCN1C(=O)c1ccc([N+](=O)[O-])cc1[N+](=O)[O-]. The van der Waals surface area contributed by atoms with Gasteiger partial charge in [0.05, 0.1) is 15.9 Å². The molecule has 2 rings (SSSR count). The predicted molar refractivity (Wildman–Crippen MR) is 74.1 cm³/mol. The highest BCUT2D eigenvalue weighted by Crippen LogP contribution is 2.28. The minimum atomic E-state index is -0.755. The summed E-state index contributed by atoms with van der Waals surface area (Å²) in [5, 5.41) is 21.8. The predicted octanol–water partition coefficient (Wildman–Crippen LogP) is 2.52. The third kappa shape index (κ3) is 2.99. The Balaban J connectivity index is 2.40. The van der Waals surface area contributed by atoms with E-state index in [-0.39, 0.29) is 11.6 Å². The molecule has 1 aromatic rings. The molecule has 0 aliphatic carbocycles. The van der Waals surface area contributed by atoms with Crippen LogP contribution in [-0.4, -0.2) is 33.2 Å². The molecule has 0 aromatic heterocycles. The van der Waals surface area contributed by atoms with Crippen molar-refractivity contribution in [1.29, 1.82) is 0 Å². The number of carbonyl (C=O) groups excluding carboxylic acids is 1. The second-order valence-corrected chi connectivity index (χ2v) is 5.06. The van der Waals surface area contributed by atoms with Gasteiger partial charge in [-0.15, -0.1) is 0 Å². The number of nitrogens with zero attached hydrogens (tertiary/aromatic N) is 3. The van der Waals surface area contributed by atoms with E-state index in [4.69, 9.17) is 0 Å². The Morgan fingerprint density at radius 1 is 1.24 bits per heavy atom. The quantitative estimate of drug-likeness (QED) is 0.628. The highest BCUT2D eigenvalue weighted by molar-refractivity contribution is 5.98. The van der Waals surface area contributed by atoms with E-state index in [9.17, 15) is 25.0 Å². The summed E-state index contributed by atoms with van der Waals surface area (Å²) in [5.41, 5.74) is -1.02. The molecule has 0 spiro atoms. The van der Waals surface area contributed by atoms with Gasteiger partial charge in [-0.2, -0.15) is 0 Å². The number of hydrogen-bond donors (Lipinski definition) is 0. The third-order valence-corrected chi connectivity index (χ3v) is 3.68. The lowest BCUT2D eigenvalue weighted by atomic mass is 10.0. The van der Waals surface area contributed by atoms with Crippen LogP contribution in [0.4, 0.5) is 11.4 Å². The molecule has 1 fully saturated rings. The number of likely N-dealkylation sites (tertiary alicyclic amines) is 1. The number of carbonyl (C=O) groups is 1. The first kappa shape index (κ1) is 14.9. The Morgan fingerprint density at radius 2 is 1.95 bits per heavy atom. The molecule has 1 atom stereocenters. The average Bonchev–Trinajstić information content (AvgIpc) is 2.46. The minimum Gasteiger partial charge on any atom is -0.336 e. The molecule has 1 aliphatic heterocycles. The number of hydrogen-bond acceptors (Lipinski definition) is 5. The fourth-order valence-electron chi connectivity index (χ4n) is 2.52. The van der Waals surface area contributed by atoms with Gasteiger partial charge in [0, 0.05) is 18.7 Å². The normalized spacial score (nSPS) is 18.3. The highest BCUT2D eigenvalue weighted by Gasteiger charge is 2.30. The van der Waals surface area contributed by atoms with E-state index < -0.39 is 27.1 Å². The topological polar surface area (TPSA) is 107 Å². The van der Waals surface area contributed by atoms with Gasteiger partial charge in [-0.25, -0.2) is 0 Å². The molecule has 1 aromatic carbocycles. The molecule has 1 unspecified atom stereocenters. The summed E-state index contributed by atoms with van der Waals surface area (Å²) >= 11 is 0. The molecule has 21 heavy (non-hydrogen) atoms. The molecule has 0 radical (unpaired) electrons. The molecule has 1 heterocycles. The van der Waals surface area contributed by atoms with Crippen molar-refractivity contribution in [3.05, 3.63) is 44.0 Å². The summed E-state index contributed by atoms with van der Waals surface area (Å²) in [6.07, 6.45) is 2.73. The Hall–Kier alpha value is -2.51. The van der Waals surface area contributed by atoms with E-state index in [0.29, 0.717) is 6.54 Å². The molecule has 8 nitrogen and oxygen atoms in total. The molecule has 0 N–H and O–H groups in total. The lowest BCUT2D eigenvalue weighted by Gasteiger charge is -2.33. The Kier molecular flexibility index (Phi) is 4.15. The maximum absolute atomic E-state index is 12.5. The van der Waals surface area contributed by atoms with Crippen LogP contribution in [-0.2, 0) is 0 Å². The number of nitro groups is 2. The van der Waals surface area contributed by atoms with Crippen molar-refractivity contribution < 1.29 is 14.6 Å². The smallest absolute Gasteiger partial charge is 0.289 e. The Bertz CT molecular complexity index is 601. The van der Waals surface area contributed by atoms with Crippen LogP contribution in [0.25, 0.3) is 0 Å². The van der Waals surface area contributed by atoms with Crippen LogP contribution in [0, 0.1) is 20.2 Å². The number of piperidine rings is 1. The van der Waals surface area contributed by atoms with Crippen LogP contribution in [0.15, 0.2) is 18.2 Å². The molecular formula is C13H15N3O5. The van der Waals surface area contributed by atoms with E-state index in [2.05, 4.69) is 0 Å². The van der Waals surface area contributed by atoms with Gasteiger partial charge in [0.2, 0.25) is 0 Å². The minimum absolute atomic E-state index is 0.0149. The number of amides is 1. The van der Waals surface area contributed by atoms with Crippen molar-refractivity contribution in [3.63, 3.8) is 0 Å². The lowest BCUT2D eigenvalue weighted by molar-refractivity contribution is -0.394. The van der Waals surface area contributed by atoms with Crippen LogP contribution in [0.5, 0.6) is 0 Å². The maximum atomic E-state index is 12.5. The summed E-state index contributed by atoms with van der Waals surface area (Å²) in [6, 6.07) is 3.14. The summed E-state index contributed by atoms with van der Waals surface area (Å²) in [6.45, 7) is 2.45. The summed E-state index contributed by atoms with van der Waals surface area (Å²) < 4.78 is 0. The van der Waals surface area contributed by atoms with E-state index in [1.807, 2.05) is 6.92 Å². The van der Waals surface area contributed by atoms with Gasteiger partial charge in [0.1, 0.15) is 5.56 Å². The molecular weight excluding hydrogens is 278 g/mol. The van der Waals surface area contributed by atoms with Gasteiger partial charge in [-0.3, -0.25) is 25.0 Å². The van der Waals surface area contributed by atoms with Gasteiger partial charge in [0.25, 0.3) is 17.3 Å². The van der Waals surface area contributed by atoms with Gasteiger partial charge < -0.3 is 4.90 Å². The Morgan fingerprint density at radius 3 is 2.52 bits per heavy atom. The Labute approximate surface area is 120 Å². The zero-order valence-electron chi connectivity index (χ0n) is 11.5. The molecule has 1 saturated heterocycles. The largest absolute Gasteiger partial charge is 0.336 e. The van der Waals surface area contributed by atoms with Crippen molar-refractivity contribution in [3.8, 4) is 0 Å². The van der Waals surface area contributed by atoms with Gasteiger partial charge in [-0.1, -0.05) is 0 Å². The second-order valence-electron chi connectivity index (χ2n) is 5.06. The van der Waals surface area contributed by atoms with Gasteiger partial charge in [-0.05, 0) is 32.3 Å². The zero-order valence-corrected chi connectivity index (χ0v) is 11.5. The molecule has 0 saturated carbocycles. The number of non-ortho nitro benzene ring substituents is 1. The fraction of sp³-hybridized carbons (Fsp3) is 0.462. The van der Waals surface area contributed by atoms with Crippen molar-refractivity contribution in [2.45, 2.75) is 32.2 Å². The monoisotopic (exact) mass is 293 g/mol. The standard InChI is InChI=1S/C13H15N3O5/c1-9-4-2-3-7-14(9)13(17)11-6-5-10(15(18)19)8-12(11)16(20)21/h5-6,8-9H,2-4,7H2,1H3. The second kappa shape index (κ2) is 5.86. The van der Waals surface area contributed by atoms with Crippen LogP contribution in [0.1, 0.15) is 36.5 Å². The number of nitro benzene ring substituents is 2. The number of benzene rings is 1. The molecule has 1 amide bonds. The third-order valence-electron chi connectivity index (χ3n) is 3.68. The van der Waals surface area contributed by atoms with Gasteiger partial charge in [0.15, 0.2) is 0 Å². The van der Waals surface area contributed by atoms with E-state index in [1.165, 1.54) is 6.07 Å². The van der Waals surface area contributed by atoms with Crippen LogP contribution < -0.4 is 0 Å². The first-order valence-electron chi connectivity index (χ1n) is 6.65. The van der Waals surface area contributed by atoms with Crippen LogP contribution >= 0.6 is 0 Å². The van der Waals surface area contributed by atoms with Crippen molar-refractivity contribution >= 4 is 17.3 Å². The first-order chi connectivity index (χ1) is 9.91. The van der Waals surface area contributed by atoms with Crippen LogP contribution in [0.2, 0.25) is 0 Å². The fourth-order valence-corrected chi connectivity index (χ4v) is 2.52. The summed E-state index contributed by atoms with van der Waals surface area (Å²) in [4.78, 5) is 34.4. The zero-order chi connectivity index (χ0) is 15.6. The summed E-state index contributed by atoms with van der Waals surface area (Å²) in [7, 11) is 0. The van der Waals surface area contributed by atoms with Crippen molar-refractivity contribution in [2.24, 2.45) is 0 Å². The number of rotatable bonds is 3. The van der Waals surface area contributed by atoms with Gasteiger partial charge >= 0.3 is 0 Å². The first-order valence-corrected chi connectivity index (χ1v) is 6.65. The van der Waals surface area contributed by atoms with E-state index >= 15 is 0 Å². The van der Waals surface area contributed by atoms with Crippen molar-refractivity contribution in [1.82, 2.24) is 4.90 Å². The van der Waals surface area contributed by atoms with E-state index in [0.717, 1.165) is 31.4 Å². The lowest BCUT2D eigenvalue weighted by Crippen LogP contribution is -2.42. The molecule has 0 bridgehead atoms. The average molecular weight is 293 g/mol. The summed E-state index contributed by atoms with van der Waals surface area (Å²) in [5.74, 6) is -0.441. The maximum Gasteiger partial charge on any atom is 0.289 e.